The van der Waals surface area contributed by atoms with Gasteiger partial charge in [0.15, 0.2) is 0 Å². The Bertz CT molecular complexity index is 1000. The summed E-state index contributed by atoms with van der Waals surface area (Å²) in [5.74, 6) is 0.884. The van der Waals surface area contributed by atoms with Crippen LogP contribution in [0.4, 0.5) is 11.4 Å². The van der Waals surface area contributed by atoms with Crippen LogP contribution in [-0.2, 0) is 10.1 Å². The molecule has 132 valence electrons. The first-order valence-electron chi connectivity index (χ1n) is 7.39. The van der Waals surface area contributed by atoms with Crippen molar-refractivity contribution in [1.29, 1.82) is 0 Å². The van der Waals surface area contributed by atoms with Crippen molar-refractivity contribution in [2.45, 2.75) is 11.8 Å². The summed E-state index contributed by atoms with van der Waals surface area (Å²) in [7, 11) is -2.63. The minimum atomic E-state index is -4.29. The standard InChI is InChI=1S/C10H9NO3S.C8H11NO/c11-9-6-5-7-3-1-2-4-8(7)10(9)15(12,13)14;1-6-5-7(9)3-4-8(6)10-2/h1-6H,11H2,(H,12,13,14);3-5H,9H2,1-2H3. The zero-order valence-electron chi connectivity index (χ0n) is 13.9. The molecule has 0 saturated heterocycles. The lowest BCUT2D eigenvalue weighted by Crippen LogP contribution is -2.03. The lowest BCUT2D eigenvalue weighted by atomic mass is 10.1. The van der Waals surface area contributed by atoms with E-state index in [1.807, 2.05) is 25.1 Å². The Balaban J connectivity index is 0.000000196. The molecule has 0 atom stereocenters. The number of anilines is 2. The summed E-state index contributed by atoms with van der Waals surface area (Å²) < 4.78 is 36.4. The number of aryl methyl sites for hydroxylation is 1. The fourth-order valence-electron chi connectivity index (χ4n) is 2.45. The van der Waals surface area contributed by atoms with Gasteiger partial charge in [-0.15, -0.1) is 0 Å². The van der Waals surface area contributed by atoms with E-state index in [1.54, 1.807) is 37.4 Å². The van der Waals surface area contributed by atoms with Crippen molar-refractivity contribution in [1.82, 2.24) is 0 Å². The van der Waals surface area contributed by atoms with Crippen LogP contribution in [0.5, 0.6) is 5.75 Å². The molecule has 25 heavy (non-hydrogen) atoms. The maximum Gasteiger partial charge on any atom is 0.297 e. The largest absolute Gasteiger partial charge is 0.496 e. The van der Waals surface area contributed by atoms with Crippen LogP contribution in [0, 0.1) is 6.92 Å². The summed E-state index contributed by atoms with van der Waals surface area (Å²) in [4.78, 5) is -0.222. The molecule has 0 unspecified atom stereocenters. The van der Waals surface area contributed by atoms with Crippen LogP contribution >= 0.6 is 0 Å². The Kier molecular flexibility index (Phi) is 5.51. The second-order valence-corrected chi connectivity index (χ2v) is 6.77. The molecule has 0 spiro atoms. The molecular formula is C18H20N2O4S. The maximum absolute atomic E-state index is 11.1. The van der Waals surface area contributed by atoms with Gasteiger partial charge in [0, 0.05) is 11.1 Å². The number of hydrogen-bond acceptors (Lipinski definition) is 5. The molecule has 0 radical (unpaired) electrons. The Labute approximate surface area is 146 Å². The van der Waals surface area contributed by atoms with Crippen molar-refractivity contribution < 1.29 is 17.7 Å². The molecule has 3 rings (SSSR count). The molecule has 0 amide bonds. The highest BCUT2D eigenvalue weighted by Gasteiger charge is 2.17. The van der Waals surface area contributed by atoms with Crippen LogP contribution in [0.25, 0.3) is 10.8 Å². The van der Waals surface area contributed by atoms with Crippen molar-refractivity contribution in [2.24, 2.45) is 0 Å². The smallest absolute Gasteiger partial charge is 0.297 e. The molecule has 0 heterocycles. The van der Waals surface area contributed by atoms with Gasteiger partial charge in [0.2, 0.25) is 0 Å². The summed E-state index contributed by atoms with van der Waals surface area (Å²) in [6.45, 7) is 1.97. The van der Waals surface area contributed by atoms with E-state index in [4.69, 9.17) is 20.8 Å². The number of ether oxygens (including phenoxy) is 1. The predicted molar refractivity (Wildman–Crippen MR) is 100 cm³/mol. The van der Waals surface area contributed by atoms with Gasteiger partial charge in [-0.2, -0.15) is 8.42 Å². The van der Waals surface area contributed by atoms with Crippen LogP contribution in [0.15, 0.2) is 59.5 Å². The molecule has 0 fully saturated rings. The Morgan fingerprint density at radius 3 is 2.28 bits per heavy atom. The SMILES string of the molecule is COc1ccc(N)cc1C.Nc1ccc2ccccc2c1S(=O)(=O)O. The first-order chi connectivity index (χ1) is 11.7. The van der Waals surface area contributed by atoms with E-state index in [1.165, 1.54) is 6.07 Å². The van der Waals surface area contributed by atoms with E-state index in [-0.39, 0.29) is 10.6 Å². The number of rotatable bonds is 2. The molecule has 3 aromatic rings. The monoisotopic (exact) mass is 360 g/mol. The first kappa shape index (κ1) is 18.6. The minimum absolute atomic E-state index is 0.0520. The summed E-state index contributed by atoms with van der Waals surface area (Å²) in [5, 5.41) is 1.15. The second-order valence-electron chi connectivity index (χ2n) is 5.41. The number of benzene rings is 3. The molecule has 0 bridgehead atoms. The highest BCUT2D eigenvalue weighted by Crippen LogP contribution is 2.28. The van der Waals surface area contributed by atoms with Crippen LogP contribution in [0.2, 0.25) is 0 Å². The number of hydrogen-bond donors (Lipinski definition) is 3. The molecule has 0 saturated carbocycles. The Hall–Kier alpha value is -2.77. The molecule has 0 aliphatic rings. The van der Waals surface area contributed by atoms with Crippen molar-refractivity contribution in [3.63, 3.8) is 0 Å². The zero-order chi connectivity index (χ0) is 18.6. The summed E-state index contributed by atoms with van der Waals surface area (Å²) in [5.41, 5.74) is 13.0. The third-order valence-electron chi connectivity index (χ3n) is 3.59. The Morgan fingerprint density at radius 1 is 1.00 bits per heavy atom. The van der Waals surface area contributed by atoms with Crippen LogP contribution < -0.4 is 16.2 Å². The summed E-state index contributed by atoms with van der Waals surface area (Å²) in [6, 6.07) is 15.6. The van der Waals surface area contributed by atoms with Gasteiger partial charge in [0.1, 0.15) is 10.6 Å². The molecule has 5 N–H and O–H groups in total. The van der Waals surface area contributed by atoms with Gasteiger partial charge in [-0.3, -0.25) is 4.55 Å². The van der Waals surface area contributed by atoms with Gasteiger partial charge in [-0.25, -0.2) is 0 Å². The summed E-state index contributed by atoms with van der Waals surface area (Å²) >= 11 is 0. The van der Waals surface area contributed by atoms with Gasteiger partial charge in [0.25, 0.3) is 10.1 Å². The average molecular weight is 360 g/mol. The van der Waals surface area contributed by atoms with E-state index >= 15 is 0 Å². The number of methoxy groups -OCH3 is 1. The van der Waals surface area contributed by atoms with Crippen molar-refractivity contribution in [2.75, 3.05) is 18.6 Å². The topological polar surface area (TPSA) is 116 Å². The third kappa shape index (κ3) is 4.40. The molecule has 0 aliphatic carbocycles. The number of fused-ring (bicyclic) bond motifs is 1. The van der Waals surface area contributed by atoms with Crippen molar-refractivity contribution >= 4 is 32.3 Å². The normalized spacial score (nSPS) is 10.8. The molecule has 6 nitrogen and oxygen atoms in total. The quantitative estimate of drug-likeness (QED) is 0.477. The number of nitrogens with two attached hydrogens (primary N) is 2. The maximum atomic E-state index is 11.1. The van der Waals surface area contributed by atoms with E-state index in [0.29, 0.717) is 5.39 Å². The second kappa shape index (κ2) is 7.42. The van der Waals surface area contributed by atoms with Crippen LogP contribution in [0.1, 0.15) is 5.56 Å². The van der Waals surface area contributed by atoms with E-state index in [9.17, 15) is 8.42 Å². The van der Waals surface area contributed by atoms with Crippen molar-refractivity contribution in [3.05, 3.63) is 60.2 Å². The highest BCUT2D eigenvalue weighted by atomic mass is 32.2. The first-order valence-corrected chi connectivity index (χ1v) is 8.83. The van der Waals surface area contributed by atoms with Crippen LogP contribution in [0.3, 0.4) is 0 Å². The fraction of sp³-hybridized carbons (Fsp3) is 0.111. The van der Waals surface area contributed by atoms with Crippen LogP contribution in [-0.4, -0.2) is 20.1 Å². The Morgan fingerprint density at radius 2 is 1.68 bits per heavy atom. The molecule has 3 aromatic carbocycles. The highest BCUT2D eigenvalue weighted by molar-refractivity contribution is 7.86. The minimum Gasteiger partial charge on any atom is -0.496 e. The molecular weight excluding hydrogens is 340 g/mol. The van der Waals surface area contributed by atoms with Gasteiger partial charge >= 0.3 is 0 Å². The number of nitrogen functional groups attached to an aromatic ring is 2. The van der Waals surface area contributed by atoms with Crippen molar-refractivity contribution in [3.8, 4) is 5.75 Å². The third-order valence-corrected chi connectivity index (χ3v) is 4.56. The van der Waals surface area contributed by atoms with Gasteiger partial charge in [-0.1, -0.05) is 30.3 Å². The van der Waals surface area contributed by atoms with Gasteiger partial charge in [-0.05, 0) is 42.1 Å². The van der Waals surface area contributed by atoms with E-state index in [0.717, 1.165) is 22.4 Å². The molecule has 0 aromatic heterocycles. The predicted octanol–water partition coefficient (Wildman–Crippen LogP) is 3.25. The summed E-state index contributed by atoms with van der Waals surface area (Å²) in [6.07, 6.45) is 0. The van der Waals surface area contributed by atoms with E-state index in [2.05, 4.69) is 0 Å². The fourth-order valence-corrected chi connectivity index (χ4v) is 3.28. The average Bonchev–Trinajstić information content (AvgIpc) is 2.54. The van der Waals surface area contributed by atoms with E-state index < -0.39 is 10.1 Å². The lowest BCUT2D eigenvalue weighted by Gasteiger charge is -2.06. The molecule has 7 heteroatoms. The molecule has 0 aliphatic heterocycles. The zero-order valence-corrected chi connectivity index (χ0v) is 14.7. The van der Waals surface area contributed by atoms with Gasteiger partial charge in [0.05, 0.1) is 12.8 Å². The lowest BCUT2D eigenvalue weighted by molar-refractivity contribution is 0.412. The van der Waals surface area contributed by atoms with Gasteiger partial charge < -0.3 is 16.2 Å².